The van der Waals surface area contributed by atoms with Crippen LogP contribution in [0.4, 0.5) is 0 Å². The fourth-order valence-electron chi connectivity index (χ4n) is 1.00. The van der Waals surface area contributed by atoms with Gasteiger partial charge < -0.3 is 0 Å². The van der Waals surface area contributed by atoms with Crippen molar-refractivity contribution in [1.82, 2.24) is 0 Å². The maximum atomic E-state index is 2.48. The van der Waals surface area contributed by atoms with Gasteiger partial charge in [-0.1, -0.05) is 0 Å². The maximum absolute atomic E-state index is 2.48. The minimum atomic E-state index is -0.0278. The van der Waals surface area contributed by atoms with E-state index in [1.54, 1.807) is 5.32 Å². The average Bonchev–Trinajstić information content (AvgIpc) is 1.91. The van der Waals surface area contributed by atoms with Gasteiger partial charge in [-0.15, -0.1) is 0 Å². The summed E-state index contributed by atoms with van der Waals surface area (Å²) in [6.45, 7) is 2.41. The van der Waals surface area contributed by atoms with Crippen molar-refractivity contribution in [3.8, 4) is 0 Å². The Morgan fingerprint density at radius 1 is 1.57 bits per heavy atom. The van der Waals surface area contributed by atoms with Crippen LogP contribution in [0.2, 0.25) is 16.0 Å². The van der Waals surface area contributed by atoms with Crippen LogP contribution in [0.5, 0.6) is 0 Å². The Hall–Kier alpha value is 0.519. The average molecular weight is 164 g/mol. The normalized spacial score (nSPS) is 42.0. The molecule has 0 aromatic heterocycles. The first-order valence-corrected chi connectivity index (χ1v) is 6.83. The molecule has 7 heavy (non-hydrogen) atoms. The summed E-state index contributed by atoms with van der Waals surface area (Å²) in [7, 11) is 0. The van der Waals surface area contributed by atoms with E-state index in [1.165, 1.54) is 12.8 Å². The molecule has 42 valence electrons. The van der Waals surface area contributed by atoms with Gasteiger partial charge in [0.15, 0.2) is 0 Å². The van der Waals surface area contributed by atoms with Gasteiger partial charge in [0.2, 0.25) is 0 Å². The van der Waals surface area contributed by atoms with Gasteiger partial charge >= 0.3 is 49.6 Å². The minimum absolute atomic E-state index is 0.0278. The third-order valence-electron chi connectivity index (χ3n) is 1.76. The molecule has 1 heterocycles. The van der Waals surface area contributed by atoms with E-state index in [1.807, 2.05) is 0 Å². The molecule has 2 unspecified atom stereocenters. The van der Waals surface area contributed by atoms with E-state index in [9.17, 15) is 0 Å². The Morgan fingerprint density at radius 3 is 2.43 bits per heavy atom. The Bertz CT molecular complexity index is 53.2. The molecule has 1 aliphatic heterocycles. The van der Waals surface area contributed by atoms with Gasteiger partial charge in [0.1, 0.15) is 0 Å². The van der Waals surface area contributed by atoms with E-state index in [0.29, 0.717) is 0 Å². The van der Waals surface area contributed by atoms with E-state index in [4.69, 9.17) is 0 Å². The molecule has 1 fully saturated rings. The molecule has 0 bridgehead atoms. The zero-order valence-electron chi connectivity index (χ0n) is 5.11. The third kappa shape index (κ3) is 1.20. The first-order chi connectivity index (χ1) is 3.30. The van der Waals surface area contributed by atoms with Gasteiger partial charge in [-0.3, -0.25) is 0 Å². The molecule has 0 amide bonds. The van der Waals surface area contributed by atoms with Crippen molar-refractivity contribution in [3.05, 3.63) is 0 Å². The SMILES string of the molecule is CC1CCC[Se+]1C. The monoisotopic (exact) mass is 165 g/mol. The molecule has 1 aliphatic rings. The molecule has 1 heteroatoms. The molecule has 1 rings (SSSR count). The van der Waals surface area contributed by atoms with Crippen molar-refractivity contribution in [3.63, 3.8) is 0 Å². The zero-order chi connectivity index (χ0) is 5.28. The number of rotatable bonds is 0. The molecule has 0 aromatic rings. The van der Waals surface area contributed by atoms with Crippen molar-refractivity contribution in [2.24, 2.45) is 0 Å². The molecule has 1 saturated heterocycles. The van der Waals surface area contributed by atoms with Gasteiger partial charge in [0, 0.05) is 0 Å². The van der Waals surface area contributed by atoms with Crippen LogP contribution in [-0.4, -0.2) is 13.9 Å². The van der Waals surface area contributed by atoms with Gasteiger partial charge in [-0.25, -0.2) is 0 Å². The quantitative estimate of drug-likeness (QED) is 0.482. The standard InChI is InChI=1S/C6H13Se/c1-6-4-3-5-7(6)2/h6H,3-5H2,1-2H3/q+1. The Balaban J connectivity index is 2.33. The first-order valence-electron chi connectivity index (χ1n) is 2.92. The second-order valence-electron chi connectivity index (χ2n) is 2.35. The fourth-order valence-corrected chi connectivity index (χ4v) is 4.34. The van der Waals surface area contributed by atoms with Crippen LogP contribution in [0.15, 0.2) is 0 Å². The van der Waals surface area contributed by atoms with Crippen molar-refractivity contribution in [2.45, 2.75) is 35.7 Å². The van der Waals surface area contributed by atoms with E-state index < -0.39 is 0 Å². The summed E-state index contributed by atoms with van der Waals surface area (Å²) >= 11 is -0.0278. The van der Waals surface area contributed by atoms with Gasteiger partial charge in [-0.2, -0.15) is 0 Å². The first kappa shape index (κ1) is 5.65. The second kappa shape index (κ2) is 2.19. The number of hydrogen-bond acceptors (Lipinski definition) is 0. The van der Waals surface area contributed by atoms with Crippen molar-refractivity contribution < 1.29 is 0 Å². The van der Waals surface area contributed by atoms with Crippen LogP contribution < -0.4 is 0 Å². The van der Waals surface area contributed by atoms with E-state index in [2.05, 4.69) is 12.7 Å². The molecule has 0 spiro atoms. The number of hydrogen-bond donors (Lipinski definition) is 0. The molecule has 0 nitrogen and oxygen atoms in total. The van der Waals surface area contributed by atoms with Crippen LogP contribution in [0, 0.1) is 0 Å². The predicted octanol–water partition coefficient (Wildman–Crippen LogP) is 2.29. The van der Waals surface area contributed by atoms with Gasteiger partial charge in [0.25, 0.3) is 0 Å². The zero-order valence-corrected chi connectivity index (χ0v) is 6.82. The molecule has 0 saturated carbocycles. The van der Waals surface area contributed by atoms with E-state index >= 15 is 0 Å². The van der Waals surface area contributed by atoms with Crippen LogP contribution in [0.1, 0.15) is 19.8 Å². The van der Waals surface area contributed by atoms with Crippen LogP contribution >= 0.6 is 0 Å². The fraction of sp³-hybridized carbons (Fsp3) is 1.00. The van der Waals surface area contributed by atoms with Gasteiger partial charge in [-0.05, 0) is 0 Å². The molecular weight excluding hydrogens is 151 g/mol. The van der Waals surface area contributed by atoms with Crippen molar-refractivity contribution in [1.29, 1.82) is 0 Å². The summed E-state index contributed by atoms with van der Waals surface area (Å²) in [5, 5.41) is 1.60. The van der Waals surface area contributed by atoms with Crippen LogP contribution in [0.3, 0.4) is 0 Å². The summed E-state index contributed by atoms with van der Waals surface area (Å²) in [6.07, 6.45) is 3.06. The Morgan fingerprint density at radius 2 is 2.29 bits per heavy atom. The van der Waals surface area contributed by atoms with Gasteiger partial charge in [0.05, 0.1) is 0 Å². The van der Waals surface area contributed by atoms with Crippen LogP contribution in [-0.2, 0) is 0 Å². The summed E-state index contributed by atoms with van der Waals surface area (Å²) in [4.78, 5) is 1.14. The summed E-state index contributed by atoms with van der Waals surface area (Å²) in [6, 6.07) is 0. The van der Waals surface area contributed by atoms with E-state index in [-0.39, 0.29) is 13.9 Å². The topological polar surface area (TPSA) is 0 Å². The molecular formula is C6H13Se+. The van der Waals surface area contributed by atoms with Crippen molar-refractivity contribution >= 4 is 13.9 Å². The summed E-state index contributed by atoms with van der Waals surface area (Å²) in [5.41, 5.74) is 0. The molecule has 0 radical (unpaired) electrons. The summed E-state index contributed by atoms with van der Waals surface area (Å²) < 4.78 is 0. The summed E-state index contributed by atoms with van der Waals surface area (Å²) in [5.74, 6) is 2.48. The predicted molar refractivity (Wildman–Crippen MR) is 35.1 cm³/mol. The van der Waals surface area contributed by atoms with Crippen molar-refractivity contribution in [2.75, 3.05) is 0 Å². The Labute approximate surface area is 50.2 Å². The van der Waals surface area contributed by atoms with E-state index in [0.717, 1.165) is 4.82 Å². The molecule has 0 aromatic carbocycles. The third-order valence-corrected chi connectivity index (χ3v) is 7.10. The second-order valence-corrected chi connectivity index (χ2v) is 7.79. The molecule has 0 aliphatic carbocycles. The van der Waals surface area contributed by atoms with Crippen LogP contribution in [0.25, 0.3) is 0 Å². The molecule has 0 N–H and O–H groups in total. The molecule has 2 atom stereocenters. The Kier molecular flexibility index (Phi) is 1.77.